The molecule has 0 radical (unpaired) electrons. The number of methoxy groups -OCH3 is 6. The summed E-state index contributed by atoms with van der Waals surface area (Å²) in [6.07, 6.45) is -28.7. The van der Waals surface area contributed by atoms with E-state index in [4.69, 9.17) is 161 Å². The fourth-order valence-corrected chi connectivity index (χ4v) is 18.6. The van der Waals surface area contributed by atoms with Gasteiger partial charge in [0.2, 0.25) is 37.5 Å². The number of carbonyl (C=O) groups excluding carboxylic acids is 3. The Morgan fingerprint density at radius 1 is 0.349 bits per heavy atom. The molecule has 0 aromatic heterocycles. The molecule has 0 amide bonds. The fourth-order valence-electron chi connectivity index (χ4n) is 18.6. The number of carbonyl (C=O) groups is 3. The van der Waals surface area contributed by atoms with Crippen molar-refractivity contribution in [2.45, 2.75) is 168 Å². The number of phenolic OH excluding ortho intramolecular Hbond substituents is 3. The van der Waals surface area contributed by atoms with E-state index in [1.807, 2.05) is 0 Å². The maximum atomic E-state index is 13.8. The van der Waals surface area contributed by atoms with Gasteiger partial charge in [0.1, 0.15) is 81.5 Å². The molecule has 3 aliphatic carbocycles. The fraction of sp³-hybridized carbons (Fsp3) is 0.552. The predicted octanol–water partition coefficient (Wildman–Crippen LogP) is 4.02. The van der Waals surface area contributed by atoms with Gasteiger partial charge in [0.25, 0.3) is 0 Å². The summed E-state index contributed by atoms with van der Waals surface area (Å²) >= 11 is 0. The Balaban J connectivity index is 0.000000142. The van der Waals surface area contributed by atoms with E-state index in [0.717, 1.165) is 36.4 Å². The number of hydrogen-bond acceptors (Lipinski definition) is 39. The molecule has 0 saturated carbocycles. The molecule has 21 rings (SSSR count). The summed E-state index contributed by atoms with van der Waals surface area (Å²) in [5.74, 6) is -22.8. The van der Waals surface area contributed by atoms with Crippen LogP contribution in [-0.4, -0.2) is 277 Å². The molecule has 39 nitrogen and oxygen atoms in total. The molecule has 126 heavy (non-hydrogen) atoms. The Morgan fingerprint density at radius 2 is 0.675 bits per heavy atom. The van der Waals surface area contributed by atoms with E-state index in [2.05, 4.69) is 0 Å². The van der Waals surface area contributed by atoms with Gasteiger partial charge in [-0.05, 0) is 144 Å². The lowest BCUT2D eigenvalue weighted by Crippen LogP contribution is -2.63. The van der Waals surface area contributed by atoms with Crippen molar-refractivity contribution < 1.29 is 223 Å². The molecule has 15 aliphatic rings. The Bertz CT molecular complexity index is 6180. The standard InChI is InChI=1S/3C29H32O13/c3*1-11-36-9-20-27(40-11)24(31)25(32)29(41-20)42-26-14-7-17-16(38-10-39-17)6-13(14)21(22-15(26)8-37-28(22)33)12-4-18(34-2)23(30)19(5-12)35-3/h3*4-7,11,15,20-22,24-27,29-32H,8-10H2,1-3H3/t3*11-,15+,20-,21-,22+,24-,25-,26-,27-,29+/m111/s1/i2D3,3D3,8D2,10D2,21D;2D3,3D3,8D2,10D2;9D2,10D2. The van der Waals surface area contributed by atoms with Crippen LogP contribution < -0.4 is 56.8 Å². The quantitative estimate of drug-likeness (QED) is 0.0518. The first-order chi connectivity index (χ1) is 70.1. The second-order valence-electron chi connectivity index (χ2n) is 31.3. The molecule has 30 atom stereocenters. The zero-order valence-corrected chi connectivity index (χ0v) is 66.1. The Kier molecular flexibility index (Phi) is 16.5. The van der Waals surface area contributed by atoms with Crippen molar-refractivity contribution in [3.63, 3.8) is 0 Å². The van der Waals surface area contributed by atoms with Gasteiger partial charge < -0.3 is 174 Å². The number of fused-ring (bicyclic) bond motifs is 12. The Morgan fingerprint density at radius 3 is 1.09 bits per heavy atom. The molecule has 0 unspecified atom stereocenters. The van der Waals surface area contributed by atoms with Gasteiger partial charge >= 0.3 is 17.9 Å². The molecule has 39 heteroatoms. The van der Waals surface area contributed by atoms with E-state index in [9.17, 15) is 61.7 Å². The van der Waals surface area contributed by atoms with Crippen LogP contribution in [0.5, 0.6) is 86.2 Å². The summed E-state index contributed by atoms with van der Waals surface area (Å²) < 4.78 is 349. The first kappa shape index (κ1) is 60.7. The van der Waals surface area contributed by atoms with Crippen molar-refractivity contribution in [3.05, 3.63) is 123 Å². The normalized spacial score (nSPS) is 42.8. The number of ether oxygens (including phenoxy) is 27. The molecule has 0 bridgehead atoms. The summed E-state index contributed by atoms with van der Waals surface area (Å²) in [5.41, 5.74) is 0.360. The predicted molar refractivity (Wildman–Crippen MR) is 415 cm³/mol. The van der Waals surface area contributed by atoms with Gasteiger partial charge in [-0.25, -0.2) is 0 Å². The van der Waals surface area contributed by atoms with E-state index in [-0.39, 0.29) is 99.4 Å². The zero-order chi connectivity index (χ0) is 110. The molecule has 12 heterocycles. The number of cyclic esters (lactones) is 3. The first-order valence-corrected chi connectivity index (χ1v) is 39.3. The molecule has 9 N–H and O–H groups in total. The van der Waals surface area contributed by atoms with Gasteiger partial charge in [0.05, 0.1) is 143 Å². The SMILES string of the molecule is [2H]C([2H])([2H])Oc1cc([C@@H]2c3cc4c(cc3[C@@H](O[C@@H]3O[C@@H]5CO[C@@H](C)O[C@H]5[C@H](O)[C@H]3O)[C@@H]3[C@@H]2C(=O)OC3([2H])[2H])OC([2H])([2H])O4)cc(OC([2H])([2H])[2H])c1O.[2H]C([2H])([2H])Oc1cc([C@]2([2H])c3cc4c(cc3[C@@H](O[C@@H]3O[C@@H]5CO[C@@H](C)O[C@H]5[C@H](O)[C@H]3O)[C@@H]3[C@@H]2C(=O)OC3([2H])[2H])OC([2H])([2H])O4)cc(OC([2H])([2H])[2H])c1O.[2H]C1([2H])Oc2cc3c(cc2O1)[C@@H](O[C@@H]1O[C@H]2[C@@H](O[C@H](C)OC2([2H])[2H])[C@H](O)[C@H]1O)[C@H]1COC(=O)[C@@H]1[C@@H]3c1cc(OC)c(O)c(OC)c1. The van der Waals surface area contributed by atoms with Gasteiger partial charge in [-0.1, -0.05) is 0 Å². The average molecular weight is 1790 g/mol. The zero-order valence-electron chi connectivity index (χ0n) is 91.1. The second kappa shape index (κ2) is 34.2. The van der Waals surface area contributed by atoms with Crippen molar-refractivity contribution in [2.24, 2.45) is 35.5 Å². The van der Waals surface area contributed by atoms with Crippen LogP contribution in [0.1, 0.15) is 141 Å². The van der Waals surface area contributed by atoms with E-state index in [0.29, 0.717) is 16.7 Å². The highest BCUT2D eigenvalue weighted by molar-refractivity contribution is 5.81. The highest BCUT2D eigenvalue weighted by Gasteiger charge is 2.61. The summed E-state index contributed by atoms with van der Waals surface area (Å²) in [6.45, 7) is -11.7. The maximum absolute atomic E-state index is 13.8. The maximum Gasteiger partial charge on any atom is 0.310 e. The van der Waals surface area contributed by atoms with Crippen LogP contribution in [-0.2, 0) is 85.4 Å². The molecule has 678 valence electrons. The highest BCUT2D eigenvalue weighted by atomic mass is 16.8. The van der Waals surface area contributed by atoms with Crippen LogP contribution >= 0.6 is 0 Å². The van der Waals surface area contributed by atoms with Gasteiger partial charge in [-0.3, -0.25) is 14.4 Å². The number of benzene rings is 6. The number of aromatic hydroxyl groups is 3. The third-order valence-electron chi connectivity index (χ3n) is 24.4. The molecular weight excluding hydrogens is 1670 g/mol. The van der Waals surface area contributed by atoms with Gasteiger partial charge in [-0.2, -0.15) is 0 Å². The first-order valence-electron chi connectivity index (χ1n) is 51.8. The molecule has 12 aliphatic heterocycles. The molecule has 6 aromatic rings. The van der Waals surface area contributed by atoms with Crippen LogP contribution in [0.25, 0.3) is 0 Å². The summed E-state index contributed by atoms with van der Waals surface area (Å²) in [6, 6.07) is 14.5. The summed E-state index contributed by atoms with van der Waals surface area (Å²) in [5, 5.41) is 98.6. The van der Waals surface area contributed by atoms with Crippen molar-refractivity contribution >= 4 is 17.9 Å². The summed E-state index contributed by atoms with van der Waals surface area (Å²) in [4.78, 5) is 41.0. The van der Waals surface area contributed by atoms with Crippen molar-refractivity contribution in [1.29, 1.82) is 0 Å². The molecule has 6 aromatic carbocycles. The molecule has 0 spiro atoms. The third kappa shape index (κ3) is 14.8. The minimum Gasteiger partial charge on any atom is -0.502 e. The minimum atomic E-state index is -3.24. The monoisotopic (exact) mass is 1790 g/mol. The van der Waals surface area contributed by atoms with Crippen LogP contribution in [0.2, 0.25) is 0 Å². The number of phenols is 3. The molecule has 9 saturated heterocycles. The van der Waals surface area contributed by atoms with Crippen LogP contribution in [0.3, 0.4) is 0 Å². The van der Waals surface area contributed by atoms with Gasteiger partial charge in [-0.15, -0.1) is 0 Å². The highest BCUT2D eigenvalue weighted by Crippen LogP contribution is 2.62. The number of aliphatic hydroxyl groups is 6. The van der Waals surface area contributed by atoms with E-state index in [1.54, 1.807) is 26.0 Å². The summed E-state index contributed by atoms with van der Waals surface area (Å²) in [7, 11) is -10.1. The largest absolute Gasteiger partial charge is 0.502 e. The number of aliphatic hydroxyl groups excluding tert-OH is 6. The van der Waals surface area contributed by atoms with Gasteiger partial charge in [0, 0.05) is 36.9 Å². The number of rotatable bonds is 15. The molecular formula is C87H96O39. The molecule has 9 fully saturated rings. The van der Waals surface area contributed by atoms with E-state index >= 15 is 0 Å². The second-order valence-corrected chi connectivity index (χ2v) is 31.3. The van der Waals surface area contributed by atoms with Crippen molar-refractivity contribution in [3.8, 4) is 86.2 Å². The van der Waals surface area contributed by atoms with Gasteiger partial charge in [0.15, 0.2) is 107 Å². The number of esters is 3. The third-order valence-corrected chi connectivity index (χ3v) is 24.4. The van der Waals surface area contributed by atoms with E-state index < -0.39 is 309 Å². The Hall–Kier alpha value is -9.99. The topological polar surface area (TPSA) is 482 Å². The van der Waals surface area contributed by atoms with Crippen molar-refractivity contribution in [1.82, 2.24) is 0 Å². The van der Waals surface area contributed by atoms with Crippen LogP contribution in [0, 0.1) is 35.5 Å². The average Bonchev–Trinajstić information content (AvgIpc) is 1.54. The lowest BCUT2D eigenvalue weighted by molar-refractivity contribution is -0.364. The minimum absolute atomic E-state index is 0.0234. The lowest BCUT2D eigenvalue weighted by Gasteiger charge is -2.47. The lowest BCUT2D eigenvalue weighted by atomic mass is 9.66. The Labute approximate surface area is 753 Å². The smallest absolute Gasteiger partial charge is 0.310 e. The van der Waals surface area contributed by atoms with Crippen LogP contribution in [0.4, 0.5) is 0 Å². The van der Waals surface area contributed by atoms with Crippen LogP contribution in [0.15, 0.2) is 72.8 Å². The van der Waals surface area contributed by atoms with E-state index in [1.165, 1.54) is 45.4 Å². The number of hydrogen-bond donors (Lipinski definition) is 9. The van der Waals surface area contributed by atoms with Crippen molar-refractivity contribution in [2.75, 3.05) is 102 Å².